The maximum atomic E-state index is 13.8. The van der Waals surface area contributed by atoms with Crippen LogP contribution in [0.1, 0.15) is 54.1 Å². The normalized spacial score (nSPS) is 15.1. The van der Waals surface area contributed by atoms with Crippen molar-refractivity contribution in [1.29, 1.82) is 0 Å². The number of carbonyl (C=O) groups is 1. The largest absolute Gasteiger partial charge is 0.490 e. The molecule has 5 rings (SSSR count). The fraction of sp³-hybridized carbons (Fsp3) is 0.269. The Labute approximate surface area is 200 Å². The third kappa shape index (κ3) is 3.54. The first-order valence-electron chi connectivity index (χ1n) is 11.3. The van der Waals surface area contributed by atoms with Crippen molar-refractivity contribution in [2.45, 2.75) is 33.2 Å². The van der Waals surface area contributed by atoms with Gasteiger partial charge in [0.05, 0.1) is 30.2 Å². The van der Waals surface area contributed by atoms with E-state index in [1.165, 1.54) is 16.2 Å². The molecular weight excluding hydrogens is 452 g/mol. The van der Waals surface area contributed by atoms with Crippen LogP contribution in [-0.4, -0.2) is 24.1 Å². The molecule has 174 valence electrons. The molecule has 0 saturated carbocycles. The number of hydrogen-bond donors (Lipinski definition) is 0. The number of aryl methyl sites for hydroxylation is 1. The van der Waals surface area contributed by atoms with Gasteiger partial charge in [-0.1, -0.05) is 19.1 Å². The van der Waals surface area contributed by atoms with Crippen molar-refractivity contribution in [3.63, 3.8) is 0 Å². The van der Waals surface area contributed by atoms with E-state index in [1.807, 2.05) is 51.1 Å². The quantitative estimate of drug-likeness (QED) is 0.357. The van der Waals surface area contributed by atoms with E-state index in [4.69, 9.17) is 13.9 Å². The lowest BCUT2D eigenvalue weighted by atomic mass is 9.97. The van der Waals surface area contributed by atoms with Crippen molar-refractivity contribution in [3.05, 3.63) is 80.6 Å². The third-order valence-corrected chi connectivity index (χ3v) is 6.62. The number of thiazole rings is 1. The topological polar surface area (TPSA) is 81.9 Å². The Morgan fingerprint density at radius 3 is 2.53 bits per heavy atom. The Balaban J connectivity index is 1.76. The highest BCUT2D eigenvalue weighted by atomic mass is 32.1. The summed E-state index contributed by atoms with van der Waals surface area (Å²) < 4.78 is 17.6. The Bertz CT molecular complexity index is 1430. The molecule has 8 heteroatoms. The maximum absolute atomic E-state index is 13.8. The highest BCUT2D eigenvalue weighted by Crippen LogP contribution is 2.43. The summed E-state index contributed by atoms with van der Waals surface area (Å²) in [5.41, 5.74) is 2.24. The molecule has 3 heterocycles. The SMILES string of the molecule is CCOc1ccc(C2c3c(oc4ccc(CC)cc4c3=O)C(=O)N2c2nccs2)cc1OCC. The van der Waals surface area contributed by atoms with Crippen molar-refractivity contribution in [2.24, 2.45) is 0 Å². The summed E-state index contributed by atoms with van der Waals surface area (Å²) >= 11 is 1.33. The van der Waals surface area contributed by atoms with E-state index in [0.717, 1.165) is 12.0 Å². The molecule has 0 saturated heterocycles. The number of ether oxygens (including phenoxy) is 2. The van der Waals surface area contributed by atoms with E-state index in [1.54, 1.807) is 17.6 Å². The van der Waals surface area contributed by atoms with Gasteiger partial charge in [0, 0.05) is 11.6 Å². The van der Waals surface area contributed by atoms with Crippen LogP contribution in [-0.2, 0) is 6.42 Å². The number of anilines is 1. The number of nitrogens with zero attached hydrogens (tertiary/aromatic N) is 2. The minimum Gasteiger partial charge on any atom is -0.490 e. The zero-order chi connectivity index (χ0) is 23.8. The summed E-state index contributed by atoms with van der Waals surface area (Å²) in [7, 11) is 0. The molecule has 1 aliphatic heterocycles. The van der Waals surface area contributed by atoms with E-state index >= 15 is 0 Å². The van der Waals surface area contributed by atoms with Crippen LogP contribution in [0.2, 0.25) is 0 Å². The summed E-state index contributed by atoms with van der Waals surface area (Å²) in [4.78, 5) is 33.3. The van der Waals surface area contributed by atoms with Gasteiger partial charge in [0.1, 0.15) is 5.58 Å². The number of rotatable bonds is 7. The zero-order valence-electron chi connectivity index (χ0n) is 19.2. The third-order valence-electron chi connectivity index (χ3n) is 5.85. The maximum Gasteiger partial charge on any atom is 0.297 e. The number of hydrogen-bond acceptors (Lipinski definition) is 7. The highest BCUT2D eigenvalue weighted by Gasteiger charge is 2.45. The average molecular weight is 477 g/mol. The van der Waals surface area contributed by atoms with Crippen molar-refractivity contribution >= 4 is 33.3 Å². The summed E-state index contributed by atoms with van der Waals surface area (Å²) in [5.74, 6) is 0.825. The van der Waals surface area contributed by atoms with Crippen LogP contribution in [0, 0.1) is 0 Å². The fourth-order valence-electron chi connectivity index (χ4n) is 4.33. The molecule has 4 aromatic rings. The first kappa shape index (κ1) is 22.2. The Hall–Kier alpha value is -3.65. The summed E-state index contributed by atoms with van der Waals surface area (Å²) in [6, 6.07) is 10.3. The van der Waals surface area contributed by atoms with Crippen LogP contribution >= 0.6 is 11.3 Å². The minimum absolute atomic E-state index is 0.0498. The van der Waals surface area contributed by atoms with Crippen molar-refractivity contribution in [1.82, 2.24) is 4.98 Å². The molecule has 0 spiro atoms. The Morgan fingerprint density at radius 1 is 1.03 bits per heavy atom. The van der Waals surface area contributed by atoms with Gasteiger partial charge in [-0.25, -0.2) is 4.98 Å². The highest BCUT2D eigenvalue weighted by molar-refractivity contribution is 7.13. The van der Waals surface area contributed by atoms with Gasteiger partial charge < -0.3 is 13.9 Å². The second-order valence-corrected chi connectivity index (χ2v) is 8.70. The number of carbonyl (C=O) groups excluding carboxylic acids is 1. The van der Waals surface area contributed by atoms with Gasteiger partial charge in [-0.3, -0.25) is 14.5 Å². The van der Waals surface area contributed by atoms with Crippen LogP contribution in [0.5, 0.6) is 11.5 Å². The fourth-order valence-corrected chi connectivity index (χ4v) is 4.99. The number of benzene rings is 2. The predicted octanol–water partition coefficient (Wildman–Crippen LogP) is 5.36. The Morgan fingerprint density at radius 2 is 1.82 bits per heavy atom. The first-order chi connectivity index (χ1) is 16.6. The van der Waals surface area contributed by atoms with Gasteiger partial charge in [0.15, 0.2) is 22.1 Å². The number of amides is 1. The van der Waals surface area contributed by atoms with Crippen LogP contribution in [0.4, 0.5) is 5.13 Å². The molecule has 0 fully saturated rings. The second-order valence-electron chi connectivity index (χ2n) is 7.82. The van der Waals surface area contributed by atoms with Gasteiger partial charge in [-0.2, -0.15) is 0 Å². The van der Waals surface area contributed by atoms with Gasteiger partial charge >= 0.3 is 0 Å². The second kappa shape index (κ2) is 8.95. The molecule has 1 atom stereocenters. The van der Waals surface area contributed by atoms with Gasteiger partial charge in [0.25, 0.3) is 5.91 Å². The predicted molar refractivity (Wildman–Crippen MR) is 131 cm³/mol. The standard InChI is InChI=1S/C26H24N2O5S/c1-4-15-7-9-18-17(13-15)23(29)21-22(16-8-10-19(31-5-2)20(14-16)32-6-3)28(25(30)24(21)33-18)26-27-11-12-34-26/h7-14,22H,4-6H2,1-3H3. The molecule has 0 aliphatic carbocycles. The Kier molecular flexibility index (Phi) is 5.83. The van der Waals surface area contributed by atoms with Crippen molar-refractivity contribution in [2.75, 3.05) is 18.1 Å². The zero-order valence-corrected chi connectivity index (χ0v) is 20.0. The minimum atomic E-state index is -0.700. The number of aromatic nitrogens is 1. The molecule has 1 aliphatic rings. The van der Waals surface area contributed by atoms with Crippen LogP contribution in [0.25, 0.3) is 11.0 Å². The van der Waals surface area contributed by atoms with Gasteiger partial charge in [-0.05, 0) is 55.7 Å². The molecule has 1 amide bonds. The molecule has 2 aromatic heterocycles. The first-order valence-corrected chi connectivity index (χ1v) is 12.2. The summed E-state index contributed by atoms with van der Waals surface area (Å²) in [6.45, 7) is 6.77. The summed E-state index contributed by atoms with van der Waals surface area (Å²) in [5, 5.41) is 2.75. The van der Waals surface area contributed by atoms with E-state index < -0.39 is 6.04 Å². The molecule has 7 nitrogen and oxygen atoms in total. The van der Waals surface area contributed by atoms with E-state index in [9.17, 15) is 9.59 Å². The van der Waals surface area contributed by atoms with E-state index in [0.29, 0.717) is 51.9 Å². The van der Waals surface area contributed by atoms with Gasteiger partial charge in [0.2, 0.25) is 5.76 Å². The lowest BCUT2D eigenvalue weighted by molar-refractivity contribution is 0.0971. The summed E-state index contributed by atoms with van der Waals surface area (Å²) in [6.07, 6.45) is 2.42. The van der Waals surface area contributed by atoms with Crippen molar-refractivity contribution < 1.29 is 18.7 Å². The molecule has 34 heavy (non-hydrogen) atoms. The monoisotopic (exact) mass is 476 g/mol. The molecule has 0 radical (unpaired) electrons. The smallest absolute Gasteiger partial charge is 0.297 e. The molecular formula is C26H24N2O5S. The van der Waals surface area contributed by atoms with Gasteiger partial charge in [-0.15, -0.1) is 11.3 Å². The lowest BCUT2D eigenvalue weighted by Crippen LogP contribution is -2.29. The van der Waals surface area contributed by atoms with E-state index in [2.05, 4.69) is 4.98 Å². The molecule has 0 N–H and O–H groups in total. The van der Waals surface area contributed by atoms with Crippen LogP contribution in [0.3, 0.4) is 0 Å². The lowest BCUT2D eigenvalue weighted by Gasteiger charge is -2.23. The van der Waals surface area contributed by atoms with E-state index in [-0.39, 0.29) is 17.1 Å². The molecule has 2 aromatic carbocycles. The molecule has 0 bridgehead atoms. The average Bonchev–Trinajstić information content (AvgIpc) is 3.47. The van der Waals surface area contributed by atoms with Crippen LogP contribution < -0.4 is 19.8 Å². The number of fused-ring (bicyclic) bond motifs is 2. The van der Waals surface area contributed by atoms with Crippen LogP contribution in [0.15, 0.2) is 57.2 Å². The van der Waals surface area contributed by atoms with Crippen molar-refractivity contribution in [3.8, 4) is 11.5 Å². The molecule has 1 unspecified atom stereocenters.